The van der Waals surface area contributed by atoms with E-state index in [-0.39, 0.29) is 6.61 Å². The third-order valence-corrected chi connectivity index (χ3v) is 2.91. The summed E-state index contributed by atoms with van der Waals surface area (Å²) in [7, 11) is 1.68. The molecule has 0 amide bonds. The molecule has 90 valence electrons. The van der Waals surface area contributed by atoms with Crippen molar-refractivity contribution in [2.24, 2.45) is 0 Å². The number of ether oxygens (including phenoxy) is 1. The molecule has 1 aromatic rings. The number of hydrogen-bond acceptors (Lipinski definition) is 3. The van der Waals surface area contributed by atoms with Crippen LogP contribution in [0.5, 0.6) is 5.75 Å². The molecule has 0 heterocycles. The quantitative estimate of drug-likeness (QED) is 0.831. The highest BCUT2D eigenvalue weighted by molar-refractivity contribution is 5.61. The van der Waals surface area contributed by atoms with Crippen molar-refractivity contribution in [3.05, 3.63) is 23.3 Å². The second kappa shape index (κ2) is 5.75. The maximum atomic E-state index is 9.27. The number of rotatable bonds is 5. The highest BCUT2D eigenvalue weighted by Crippen LogP contribution is 2.31. The molecule has 0 fully saturated rings. The molecule has 3 nitrogen and oxygen atoms in total. The van der Waals surface area contributed by atoms with Gasteiger partial charge in [0, 0.05) is 13.1 Å². The number of aryl methyl sites for hydroxylation is 1. The second-order valence-electron chi connectivity index (χ2n) is 3.78. The lowest BCUT2D eigenvalue weighted by Gasteiger charge is -2.24. The van der Waals surface area contributed by atoms with E-state index < -0.39 is 0 Å². The molecule has 0 radical (unpaired) electrons. The first kappa shape index (κ1) is 12.8. The van der Waals surface area contributed by atoms with E-state index in [1.165, 1.54) is 0 Å². The molecule has 1 aromatic carbocycles. The van der Waals surface area contributed by atoms with E-state index in [0.717, 1.165) is 35.7 Å². The predicted octanol–water partition coefficient (Wildman–Crippen LogP) is 2.34. The van der Waals surface area contributed by atoms with Gasteiger partial charge in [-0.2, -0.15) is 0 Å². The molecule has 1 N–H and O–H groups in total. The molecular formula is C13H21NO2. The van der Waals surface area contributed by atoms with Gasteiger partial charge in [0.05, 0.1) is 19.4 Å². The zero-order chi connectivity index (χ0) is 12.1. The van der Waals surface area contributed by atoms with Crippen molar-refractivity contribution in [1.29, 1.82) is 0 Å². The van der Waals surface area contributed by atoms with Gasteiger partial charge in [-0.25, -0.2) is 0 Å². The standard InChI is InChI=1S/C13H21NO2/c1-5-14(6-2)12-8-11(9-15)10(3)7-13(12)16-4/h7-8,15H,5-6,9H2,1-4H3. The fourth-order valence-electron chi connectivity index (χ4n) is 1.86. The van der Waals surface area contributed by atoms with Crippen LogP contribution in [0.3, 0.4) is 0 Å². The van der Waals surface area contributed by atoms with Crippen LogP contribution in [0.2, 0.25) is 0 Å². The largest absolute Gasteiger partial charge is 0.495 e. The summed E-state index contributed by atoms with van der Waals surface area (Å²) in [5, 5.41) is 9.27. The molecule has 16 heavy (non-hydrogen) atoms. The minimum absolute atomic E-state index is 0.0735. The van der Waals surface area contributed by atoms with Gasteiger partial charge < -0.3 is 14.7 Å². The van der Waals surface area contributed by atoms with Gasteiger partial charge >= 0.3 is 0 Å². The Morgan fingerprint density at radius 1 is 1.25 bits per heavy atom. The SMILES string of the molecule is CCN(CC)c1cc(CO)c(C)cc1OC. The Bertz CT molecular complexity index is 346. The number of nitrogens with zero attached hydrogens (tertiary/aromatic N) is 1. The monoisotopic (exact) mass is 223 g/mol. The van der Waals surface area contributed by atoms with Gasteiger partial charge in [-0.05, 0) is 44.0 Å². The van der Waals surface area contributed by atoms with E-state index in [9.17, 15) is 5.11 Å². The summed E-state index contributed by atoms with van der Waals surface area (Å²) in [4.78, 5) is 2.22. The summed E-state index contributed by atoms with van der Waals surface area (Å²) in [6.07, 6.45) is 0. The number of benzene rings is 1. The van der Waals surface area contributed by atoms with Crippen LogP contribution in [-0.4, -0.2) is 25.3 Å². The highest BCUT2D eigenvalue weighted by Gasteiger charge is 2.11. The normalized spacial score (nSPS) is 10.3. The average molecular weight is 223 g/mol. The Kier molecular flexibility index (Phi) is 4.62. The van der Waals surface area contributed by atoms with Crippen molar-refractivity contribution < 1.29 is 9.84 Å². The van der Waals surface area contributed by atoms with Crippen molar-refractivity contribution in [3.63, 3.8) is 0 Å². The van der Waals surface area contributed by atoms with Crippen molar-refractivity contribution in [2.75, 3.05) is 25.1 Å². The number of anilines is 1. The highest BCUT2D eigenvalue weighted by atomic mass is 16.5. The Morgan fingerprint density at radius 3 is 2.31 bits per heavy atom. The van der Waals surface area contributed by atoms with Gasteiger partial charge in [0.15, 0.2) is 0 Å². The number of aliphatic hydroxyl groups excluding tert-OH is 1. The van der Waals surface area contributed by atoms with Crippen LogP contribution in [0.1, 0.15) is 25.0 Å². The van der Waals surface area contributed by atoms with Crippen molar-refractivity contribution in [2.45, 2.75) is 27.4 Å². The van der Waals surface area contributed by atoms with Crippen LogP contribution in [0.4, 0.5) is 5.69 Å². The minimum Gasteiger partial charge on any atom is -0.495 e. The molecule has 1 rings (SSSR count). The average Bonchev–Trinajstić information content (AvgIpc) is 2.31. The van der Waals surface area contributed by atoms with Gasteiger partial charge in [-0.3, -0.25) is 0 Å². The van der Waals surface area contributed by atoms with E-state index in [0.29, 0.717) is 0 Å². The van der Waals surface area contributed by atoms with Crippen molar-refractivity contribution >= 4 is 5.69 Å². The molecule has 0 unspecified atom stereocenters. The van der Waals surface area contributed by atoms with Gasteiger partial charge in [0.2, 0.25) is 0 Å². The number of hydrogen-bond donors (Lipinski definition) is 1. The van der Waals surface area contributed by atoms with E-state index >= 15 is 0 Å². The van der Waals surface area contributed by atoms with Gasteiger partial charge in [0.1, 0.15) is 5.75 Å². The summed E-state index contributed by atoms with van der Waals surface area (Å²) < 4.78 is 5.39. The fraction of sp³-hybridized carbons (Fsp3) is 0.538. The Labute approximate surface area is 97.7 Å². The molecule has 0 aliphatic rings. The summed E-state index contributed by atoms with van der Waals surface area (Å²) in [5.41, 5.74) is 3.08. The lowest BCUT2D eigenvalue weighted by molar-refractivity contribution is 0.281. The zero-order valence-corrected chi connectivity index (χ0v) is 10.6. The van der Waals surface area contributed by atoms with Gasteiger partial charge in [-0.1, -0.05) is 0 Å². The number of methoxy groups -OCH3 is 1. The number of aliphatic hydroxyl groups is 1. The first-order valence-electron chi connectivity index (χ1n) is 5.71. The maximum Gasteiger partial charge on any atom is 0.142 e. The van der Waals surface area contributed by atoms with Gasteiger partial charge in [-0.15, -0.1) is 0 Å². The maximum absolute atomic E-state index is 9.27. The molecule has 3 heteroatoms. The summed E-state index contributed by atoms with van der Waals surface area (Å²) >= 11 is 0. The van der Waals surface area contributed by atoms with Crippen LogP contribution in [0.25, 0.3) is 0 Å². The Balaban J connectivity index is 3.23. The molecule has 0 atom stereocenters. The van der Waals surface area contributed by atoms with Crippen molar-refractivity contribution in [1.82, 2.24) is 0 Å². The molecule has 0 bridgehead atoms. The fourth-order valence-corrected chi connectivity index (χ4v) is 1.86. The van der Waals surface area contributed by atoms with E-state index in [4.69, 9.17) is 4.74 Å². The van der Waals surface area contributed by atoms with Crippen LogP contribution < -0.4 is 9.64 Å². The van der Waals surface area contributed by atoms with Crippen LogP contribution in [-0.2, 0) is 6.61 Å². The van der Waals surface area contributed by atoms with E-state index in [2.05, 4.69) is 18.7 Å². The Morgan fingerprint density at radius 2 is 1.88 bits per heavy atom. The topological polar surface area (TPSA) is 32.7 Å². The molecule has 0 saturated carbocycles. The first-order valence-corrected chi connectivity index (χ1v) is 5.71. The van der Waals surface area contributed by atoms with Crippen LogP contribution in [0, 0.1) is 6.92 Å². The molecular weight excluding hydrogens is 202 g/mol. The van der Waals surface area contributed by atoms with Crippen LogP contribution >= 0.6 is 0 Å². The first-order chi connectivity index (χ1) is 7.67. The zero-order valence-electron chi connectivity index (χ0n) is 10.6. The Hall–Kier alpha value is -1.22. The molecule has 0 spiro atoms. The smallest absolute Gasteiger partial charge is 0.142 e. The van der Waals surface area contributed by atoms with E-state index in [1.54, 1.807) is 7.11 Å². The molecule has 0 aliphatic heterocycles. The van der Waals surface area contributed by atoms with Crippen molar-refractivity contribution in [3.8, 4) is 5.75 Å². The minimum atomic E-state index is 0.0735. The summed E-state index contributed by atoms with van der Waals surface area (Å²) in [5.74, 6) is 0.874. The predicted molar refractivity (Wildman–Crippen MR) is 67.2 cm³/mol. The third-order valence-electron chi connectivity index (χ3n) is 2.91. The van der Waals surface area contributed by atoms with Gasteiger partial charge in [0.25, 0.3) is 0 Å². The van der Waals surface area contributed by atoms with E-state index in [1.807, 2.05) is 19.1 Å². The summed E-state index contributed by atoms with van der Waals surface area (Å²) in [6.45, 7) is 8.15. The second-order valence-corrected chi connectivity index (χ2v) is 3.78. The molecule has 0 aliphatic carbocycles. The summed E-state index contributed by atoms with van der Waals surface area (Å²) in [6, 6.07) is 4.00. The van der Waals surface area contributed by atoms with Crippen LogP contribution in [0.15, 0.2) is 12.1 Å². The lowest BCUT2D eigenvalue weighted by atomic mass is 10.1. The third kappa shape index (κ3) is 2.47. The molecule has 0 saturated heterocycles. The molecule has 0 aromatic heterocycles. The lowest BCUT2D eigenvalue weighted by Crippen LogP contribution is -2.22.